The number of amides is 2. The fraction of sp³-hybridized carbons (Fsp3) is 0.355. The fourth-order valence-corrected chi connectivity index (χ4v) is 5.91. The van der Waals surface area contributed by atoms with Crippen molar-refractivity contribution in [2.75, 3.05) is 17.5 Å². The summed E-state index contributed by atoms with van der Waals surface area (Å²) in [6.45, 7) is 7.48. The molecule has 2 amide bonds. The first-order chi connectivity index (χ1) is 19.6. The lowest BCUT2D eigenvalue weighted by Gasteiger charge is -2.34. The zero-order valence-electron chi connectivity index (χ0n) is 23.9. The van der Waals surface area contributed by atoms with Crippen LogP contribution in [0.2, 0.25) is 5.02 Å². The number of rotatable bonds is 14. The minimum Gasteiger partial charge on any atom is -0.494 e. The lowest BCUT2D eigenvalue weighted by atomic mass is 10.1. The quantitative estimate of drug-likeness (QED) is 0.258. The van der Waals surface area contributed by atoms with E-state index in [1.54, 1.807) is 66.7 Å². The number of sulfonamides is 1. The number of nitrogens with zero attached hydrogens (tertiary/aromatic N) is 2. The molecule has 0 fully saturated rings. The highest BCUT2D eigenvalue weighted by Crippen LogP contribution is 2.27. The molecule has 3 aromatic rings. The van der Waals surface area contributed by atoms with Gasteiger partial charge in [0.15, 0.2) is 0 Å². The largest absolute Gasteiger partial charge is 0.494 e. The number of anilines is 1. The molecule has 0 aliphatic carbocycles. The molecule has 3 aromatic carbocycles. The van der Waals surface area contributed by atoms with Gasteiger partial charge >= 0.3 is 0 Å². The maximum atomic E-state index is 14.1. The van der Waals surface area contributed by atoms with Crippen molar-refractivity contribution in [1.82, 2.24) is 10.2 Å². The predicted molar refractivity (Wildman–Crippen MR) is 163 cm³/mol. The SMILES string of the molecule is CCOc1ccc(S(=O)(=O)N(CC(=O)N(Cc2ccccc2Cl)[C@@H](CC)C(=O)N[C@@H](C)CC)c2ccccc2)cc1. The van der Waals surface area contributed by atoms with Crippen molar-refractivity contribution in [3.63, 3.8) is 0 Å². The van der Waals surface area contributed by atoms with Gasteiger partial charge in [0.1, 0.15) is 18.3 Å². The minimum absolute atomic E-state index is 0.0109. The van der Waals surface area contributed by atoms with E-state index in [2.05, 4.69) is 5.32 Å². The number of benzene rings is 3. The summed E-state index contributed by atoms with van der Waals surface area (Å²) in [7, 11) is -4.17. The Labute approximate surface area is 248 Å². The van der Waals surface area contributed by atoms with Crippen molar-refractivity contribution >= 4 is 39.1 Å². The Bertz CT molecular complexity index is 1400. The van der Waals surface area contributed by atoms with Gasteiger partial charge in [-0.3, -0.25) is 13.9 Å². The smallest absolute Gasteiger partial charge is 0.264 e. The number of ether oxygens (including phenoxy) is 1. The van der Waals surface area contributed by atoms with Crippen LogP contribution in [0.3, 0.4) is 0 Å². The van der Waals surface area contributed by atoms with Gasteiger partial charge in [0, 0.05) is 17.6 Å². The van der Waals surface area contributed by atoms with Crippen LogP contribution in [0.5, 0.6) is 5.75 Å². The van der Waals surface area contributed by atoms with Crippen LogP contribution in [0.25, 0.3) is 0 Å². The summed E-state index contributed by atoms with van der Waals surface area (Å²) in [5, 5.41) is 3.41. The van der Waals surface area contributed by atoms with Crippen LogP contribution in [-0.4, -0.2) is 50.4 Å². The van der Waals surface area contributed by atoms with Crippen LogP contribution in [0.15, 0.2) is 83.8 Å². The van der Waals surface area contributed by atoms with Gasteiger partial charge in [-0.25, -0.2) is 8.42 Å². The van der Waals surface area contributed by atoms with Crippen LogP contribution < -0.4 is 14.4 Å². The summed E-state index contributed by atoms with van der Waals surface area (Å²) < 4.78 is 34.4. The molecule has 0 saturated heterocycles. The molecule has 0 unspecified atom stereocenters. The number of halogens is 1. The number of hydrogen-bond acceptors (Lipinski definition) is 5. The van der Waals surface area contributed by atoms with Crippen molar-refractivity contribution in [3.05, 3.63) is 89.4 Å². The molecular weight excluding hydrogens is 562 g/mol. The average molecular weight is 600 g/mol. The van der Waals surface area contributed by atoms with Gasteiger partial charge in [0.2, 0.25) is 11.8 Å². The molecule has 0 aliphatic heterocycles. The van der Waals surface area contributed by atoms with Crippen LogP contribution >= 0.6 is 11.6 Å². The molecule has 220 valence electrons. The van der Waals surface area contributed by atoms with E-state index in [0.717, 1.165) is 10.7 Å². The van der Waals surface area contributed by atoms with E-state index in [-0.39, 0.29) is 23.4 Å². The van der Waals surface area contributed by atoms with Gasteiger partial charge in [-0.2, -0.15) is 0 Å². The second-order valence-corrected chi connectivity index (χ2v) is 11.9. The van der Waals surface area contributed by atoms with Gasteiger partial charge in [0.25, 0.3) is 10.0 Å². The summed E-state index contributed by atoms with van der Waals surface area (Å²) in [5.74, 6) is -0.296. The topological polar surface area (TPSA) is 96.0 Å². The van der Waals surface area contributed by atoms with Crippen molar-refractivity contribution in [1.29, 1.82) is 0 Å². The van der Waals surface area contributed by atoms with E-state index in [4.69, 9.17) is 16.3 Å². The number of hydrogen-bond donors (Lipinski definition) is 1. The molecule has 3 rings (SSSR count). The van der Waals surface area contributed by atoms with Gasteiger partial charge in [-0.1, -0.05) is 61.8 Å². The fourth-order valence-electron chi connectivity index (χ4n) is 4.30. The molecule has 8 nitrogen and oxygen atoms in total. The zero-order chi connectivity index (χ0) is 30.0. The number of carbonyl (C=O) groups is 2. The molecule has 0 saturated carbocycles. The summed E-state index contributed by atoms with van der Waals surface area (Å²) in [6.07, 6.45) is 1.05. The summed E-state index contributed by atoms with van der Waals surface area (Å²) in [5.41, 5.74) is 0.975. The molecule has 0 aromatic heterocycles. The van der Waals surface area contributed by atoms with Crippen LogP contribution in [0, 0.1) is 0 Å². The summed E-state index contributed by atoms with van der Waals surface area (Å²) in [6, 6.07) is 20.7. The van der Waals surface area contributed by atoms with Crippen LogP contribution in [0.1, 0.15) is 46.1 Å². The molecular formula is C31H38ClN3O5S. The maximum Gasteiger partial charge on any atom is 0.264 e. The Hall–Kier alpha value is -3.56. The number of para-hydroxylation sites is 1. The second kappa shape index (κ2) is 14.9. The van der Waals surface area contributed by atoms with Crippen molar-refractivity contribution in [3.8, 4) is 5.75 Å². The third-order valence-electron chi connectivity index (χ3n) is 6.73. The van der Waals surface area contributed by atoms with E-state index in [9.17, 15) is 18.0 Å². The molecule has 0 bridgehead atoms. The molecule has 0 heterocycles. The van der Waals surface area contributed by atoms with Crippen molar-refractivity contribution in [2.45, 2.75) is 64.1 Å². The Kier molecular flexibility index (Phi) is 11.6. The first kappa shape index (κ1) is 32.0. The van der Waals surface area contributed by atoms with Crippen molar-refractivity contribution < 1.29 is 22.7 Å². The molecule has 2 atom stereocenters. The molecule has 10 heteroatoms. The Morgan fingerprint density at radius 3 is 2.12 bits per heavy atom. The minimum atomic E-state index is -4.17. The average Bonchev–Trinajstić information content (AvgIpc) is 2.97. The summed E-state index contributed by atoms with van der Waals surface area (Å²) in [4.78, 5) is 28.9. The van der Waals surface area contributed by atoms with Gasteiger partial charge in [-0.15, -0.1) is 0 Å². The van der Waals surface area contributed by atoms with E-state index in [1.165, 1.54) is 17.0 Å². The predicted octanol–water partition coefficient (Wildman–Crippen LogP) is 5.66. The molecule has 41 heavy (non-hydrogen) atoms. The first-order valence-corrected chi connectivity index (χ1v) is 15.6. The van der Waals surface area contributed by atoms with Crippen molar-refractivity contribution in [2.24, 2.45) is 0 Å². The van der Waals surface area contributed by atoms with E-state index in [1.807, 2.05) is 27.7 Å². The molecule has 0 aliphatic rings. The highest BCUT2D eigenvalue weighted by molar-refractivity contribution is 7.92. The highest BCUT2D eigenvalue weighted by Gasteiger charge is 2.34. The van der Waals surface area contributed by atoms with E-state index in [0.29, 0.717) is 35.1 Å². The lowest BCUT2D eigenvalue weighted by Crippen LogP contribution is -2.53. The van der Waals surface area contributed by atoms with Crippen LogP contribution in [0.4, 0.5) is 5.69 Å². The highest BCUT2D eigenvalue weighted by atomic mass is 35.5. The standard InChI is InChI=1S/C31H38ClN3O5S/c1-5-23(4)33-31(37)29(6-2)34(21-24-13-11-12-16-28(24)32)30(36)22-35(25-14-9-8-10-15-25)41(38,39)27-19-17-26(18-20-27)40-7-3/h8-20,23,29H,5-7,21-22H2,1-4H3,(H,33,37)/t23-,29-/m0/s1. The Balaban J connectivity index is 2.03. The monoisotopic (exact) mass is 599 g/mol. The number of nitrogens with one attached hydrogen (secondary N) is 1. The van der Waals surface area contributed by atoms with Crippen LogP contribution in [-0.2, 0) is 26.2 Å². The molecule has 1 N–H and O–H groups in total. The second-order valence-electron chi connectivity index (χ2n) is 9.61. The van der Waals surface area contributed by atoms with E-state index >= 15 is 0 Å². The van der Waals surface area contributed by atoms with Gasteiger partial charge in [0.05, 0.1) is 17.2 Å². The van der Waals surface area contributed by atoms with Gasteiger partial charge < -0.3 is 15.0 Å². The first-order valence-electron chi connectivity index (χ1n) is 13.8. The third kappa shape index (κ3) is 8.24. The van der Waals surface area contributed by atoms with Gasteiger partial charge in [-0.05, 0) is 74.7 Å². The Morgan fingerprint density at radius 1 is 0.902 bits per heavy atom. The third-order valence-corrected chi connectivity index (χ3v) is 8.89. The summed E-state index contributed by atoms with van der Waals surface area (Å²) >= 11 is 6.44. The lowest BCUT2D eigenvalue weighted by molar-refractivity contribution is -0.140. The number of carbonyl (C=O) groups excluding carboxylic acids is 2. The zero-order valence-corrected chi connectivity index (χ0v) is 25.5. The van der Waals surface area contributed by atoms with E-state index < -0.39 is 28.5 Å². The Morgan fingerprint density at radius 2 is 1.54 bits per heavy atom. The molecule has 0 radical (unpaired) electrons. The maximum absolute atomic E-state index is 14.1. The molecule has 0 spiro atoms. The normalized spacial score (nSPS) is 12.7.